The number of morpholine rings is 1. The Morgan fingerprint density at radius 3 is 2.25 bits per heavy atom. The first-order chi connectivity index (χ1) is 9.09. The van der Waals surface area contributed by atoms with Gasteiger partial charge in [0.25, 0.3) is 10.2 Å². The Hall–Kier alpha value is -0.700. The molecular formula is C12H22N2O5S. The van der Waals surface area contributed by atoms with E-state index in [-0.39, 0.29) is 25.3 Å². The van der Waals surface area contributed by atoms with Gasteiger partial charge in [-0.25, -0.2) is 0 Å². The van der Waals surface area contributed by atoms with Crippen LogP contribution in [-0.2, 0) is 24.5 Å². The number of hydrogen-bond acceptors (Lipinski definition) is 5. The Morgan fingerprint density at radius 2 is 1.80 bits per heavy atom. The predicted molar refractivity (Wildman–Crippen MR) is 72.2 cm³/mol. The third-order valence-corrected chi connectivity index (χ3v) is 4.93. The van der Waals surface area contributed by atoms with E-state index in [4.69, 9.17) is 9.47 Å². The van der Waals surface area contributed by atoms with Crippen LogP contribution in [0.5, 0.6) is 0 Å². The molecular weight excluding hydrogens is 284 g/mol. The van der Waals surface area contributed by atoms with Gasteiger partial charge in [-0.15, -0.1) is 0 Å². The van der Waals surface area contributed by atoms with Crippen molar-refractivity contribution in [1.82, 2.24) is 9.03 Å². The lowest BCUT2D eigenvalue weighted by atomic mass is 10.0. The van der Waals surface area contributed by atoms with Gasteiger partial charge in [0.15, 0.2) is 0 Å². The second-order valence-electron chi connectivity index (χ2n) is 6.13. The first-order valence-electron chi connectivity index (χ1n) is 6.75. The highest BCUT2D eigenvalue weighted by Crippen LogP contribution is 2.26. The molecule has 2 aliphatic heterocycles. The number of nitrogens with one attached hydrogen (secondary N) is 1. The van der Waals surface area contributed by atoms with Crippen LogP contribution in [0.15, 0.2) is 0 Å². The lowest BCUT2D eigenvalue weighted by Crippen LogP contribution is -2.54. The van der Waals surface area contributed by atoms with Gasteiger partial charge in [0, 0.05) is 19.5 Å². The van der Waals surface area contributed by atoms with Gasteiger partial charge in [0.1, 0.15) is 11.6 Å². The third-order valence-electron chi connectivity index (χ3n) is 3.37. The molecule has 0 aromatic heterocycles. The van der Waals surface area contributed by atoms with Crippen LogP contribution in [0.4, 0.5) is 0 Å². The van der Waals surface area contributed by atoms with E-state index in [0.29, 0.717) is 6.42 Å². The van der Waals surface area contributed by atoms with Crippen molar-refractivity contribution in [3.8, 4) is 0 Å². The van der Waals surface area contributed by atoms with Gasteiger partial charge in [-0.2, -0.15) is 17.4 Å². The maximum absolute atomic E-state index is 12.3. The molecule has 0 spiro atoms. The molecule has 0 saturated carbocycles. The summed E-state index contributed by atoms with van der Waals surface area (Å²) >= 11 is 0. The monoisotopic (exact) mass is 306 g/mol. The Bertz CT molecular complexity index is 480. The first-order valence-corrected chi connectivity index (χ1v) is 8.19. The Kier molecular flexibility index (Phi) is 4.12. The molecule has 0 aromatic rings. The van der Waals surface area contributed by atoms with Gasteiger partial charge >= 0.3 is 5.97 Å². The van der Waals surface area contributed by atoms with E-state index in [2.05, 4.69) is 4.72 Å². The summed E-state index contributed by atoms with van der Waals surface area (Å²) in [5, 5.41) is 0. The van der Waals surface area contributed by atoms with E-state index in [1.54, 1.807) is 13.8 Å². The summed E-state index contributed by atoms with van der Waals surface area (Å²) in [6.07, 6.45) is 0.00476. The largest absolute Gasteiger partial charge is 0.458 e. The van der Waals surface area contributed by atoms with Gasteiger partial charge < -0.3 is 9.47 Å². The van der Waals surface area contributed by atoms with Crippen molar-refractivity contribution >= 4 is 16.2 Å². The van der Waals surface area contributed by atoms with Crippen molar-refractivity contribution < 1.29 is 22.7 Å². The summed E-state index contributed by atoms with van der Waals surface area (Å²) in [5.74, 6) is -0.520. The number of rotatable bonds is 3. The van der Waals surface area contributed by atoms with E-state index in [0.717, 1.165) is 0 Å². The van der Waals surface area contributed by atoms with E-state index < -0.39 is 27.8 Å². The summed E-state index contributed by atoms with van der Waals surface area (Å²) in [5.41, 5.74) is -0.629. The SMILES string of the molecule is CC1CN(S(=O)(=O)NC2CC(C)(C)OC2=O)CC(C)O1. The van der Waals surface area contributed by atoms with Gasteiger partial charge in [-0.3, -0.25) is 4.79 Å². The molecule has 0 amide bonds. The Labute approximate surface area is 119 Å². The second kappa shape index (κ2) is 5.25. The Morgan fingerprint density at radius 1 is 1.25 bits per heavy atom. The van der Waals surface area contributed by atoms with E-state index >= 15 is 0 Å². The van der Waals surface area contributed by atoms with E-state index in [9.17, 15) is 13.2 Å². The lowest BCUT2D eigenvalue weighted by Gasteiger charge is -2.34. The minimum Gasteiger partial charge on any atom is -0.458 e. The molecule has 0 radical (unpaired) electrons. The molecule has 116 valence electrons. The molecule has 7 nitrogen and oxygen atoms in total. The zero-order valence-corrected chi connectivity index (χ0v) is 13.1. The minimum atomic E-state index is -3.71. The molecule has 1 N–H and O–H groups in total. The Balaban J connectivity index is 2.06. The van der Waals surface area contributed by atoms with Crippen molar-refractivity contribution in [3.05, 3.63) is 0 Å². The second-order valence-corrected chi connectivity index (χ2v) is 7.84. The normalized spacial score (nSPS) is 35.0. The van der Waals surface area contributed by atoms with Crippen molar-refractivity contribution in [2.24, 2.45) is 0 Å². The molecule has 20 heavy (non-hydrogen) atoms. The highest BCUT2D eigenvalue weighted by molar-refractivity contribution is 7.87. The molecule has 2 fully saturated rings. The maximum Gasteiger partial charge on any atom is 0.324 e. The fourth-order valence-electron chi connectivity index (χ4n) is 2.63. The molecule has 3 unspecified atom stereocenters. The fraction of sp³-hybridized carbons (Fsp3) is 0.917. The number of hydrogen-bond donors (Lipinski definition) is 1. The summed E-state index contributed by atoms with van der Waals surface area (Å²) in [6, 6.07) is -0.816. The average Bonchev–Trinajstić information content (AvgIpc) is 2.49. The molecule has 0 aromatic carbocycles. The van der Waals surface area contributed by atoms with Gasteiger partial charge in [0.2, 0.25) is 0 Å². The number of ether oxygens (including phenoxy) is 2. The van der Waals surface area contributed by atoms with Crippen LogP contribution in [0.2, 0.25) is 0 Å². The number of esters is 1. The quantitative estimate of drug-likeness (QED) is 0.743. The van der Waals surface area contributed by atoms with Gasteiger partial charge in [0.05, 0.1) is 12.2 Å². The lowest BCUT2D eigenvalue weighted by molar-refractivity contribution is -0.147. The summed E-state index contributed by atoms with van der Waals surface area (Å²) < 4.78 is 39.1. The number of carbonyl (C=O) groups excluding carboxylic acids is 1. The smallest absolute Gasteiger partial charge is 0.324 e. The molecule has 8 heteroatoms. The zero-order valence-electron chi connectivity index (χ0n) is 12.3. The summed E-state index contributed by atoms with van der Waals surface area (Å²) in [4.78, 5) is 11.7. The summed E-state index contributed by atoms with van der Waals surface area (Å²) in [6.45, 7) is 7.74. The van der Waals surface area contributed by atoms with Crippen LogP contribution in [-0.4, -0.2) is 55.6 Å². The average molecular weight is 306 g/mol. The van der Waals surface area contributed by atoms with Crippen molar-refractivity contribution in [1.29, 1.82) is 0 Å². The predicted octanol–water partition coefficient (Wildman–Crippen LogP) is 0.0241. The molecule has 3 atom stereocenters. The standard InChI is InChI=1S/C12H22N2O5S/c1-8-6-14(7-9(2)18-8)20(16,17)13-10-5-12(3,4)19-11(10)15/h8-10,13H,5-7H2,1-4H3. The van der Waals surface area contributed by atoms with Crippen LogP contribution in [0.1, 0.15) is 34.1 Å². The summed E-state index contributed by atoms with van der Waals surface area (Å²) in [7, 11) is -3.71. The topological polar surface area (TPSA) is 84.9 Å². The highest BCUT2D eigenvalue weighted by Gasteiger charge is 2.43. The van der Waals surface area contributed by atoms with Crippen molar-refractivity contribution in [2.75, 3.05) is 13.1 Å². The highest BCUT2D eigenvalue weighted by atomic mass is 32.2. The molecule has 2 aliphatic rings. The minimum absolute atomic E-state index is 0.165. The van der Waals surface area contributed by atoms with E-state index in [1.807, 2.05) is 13.8 Å². The maximum atomic E-state index is 12.3. The number of nitrogens with zero attached hydrogens (tertiary/aromatic N) is 1. The molecule has 2 heterocycles. The third kappa shape index (κ3) is 3.49. The van der Waals surface area contributed by atoms with Crippen LogP contribution in [0.3, 0.4) is 0 Å². The zero-order chi connectivity index (χ0) is 15.1. The fourth-order valence-corrected chi connectivity index (χ4v) is 4.13. The molecule has 2 rings (SSSR count). The van der Waals surface area contributed by atoms with Gasteiger partial charge in [-0.1, -0.05) is 0 Å². The molecule has 2 saturated heterocycles. The van der Waals surface area contributed by atoms with Crippen LogP contribution in [0, 0.1) is 0 Å². The van der Waals surface area contributed by atoms with Crippen LogP contribution < -0.4 is 4.72 Å². The molecule has 0 bridgehead atoms. The first kappa shape index (κ1) is 15.7. The van der Waals surface area contributed by atoms with Crippen molar-refractivity contribution in [2.45, 2.75) is 58.0 Å². The van der Waals surface area contributed by atoms with Crippen LogP contribution in [0.25, 0.3) is 0 Å². The molecule has 0 aliphatic carbocycles. The van der Waals surface area contributed by atoms with Crippen LogP contribution >= 0.6 is 0 Å². The number of carbonyl (C=O) groups is 1. The van der Waals surface area contributed by atoms with Crippen molar-refractivity contribution in [3.63, 3.8) is 0 Å². The van der Waals surface area contributed by atoms with Gasteiger partial charge in [-0.05, 0) is 27.7 Å². The van der Waals surface area contributed by atoms with E-state index in [1.165, 1.54) is 4.31 Å². The number of cyclic esters (lactones) is 1.